The third-order valence-electron chi connectivity index (χ3n) is 4.09. The largest absolute Gasteiger partial charge is 0.455 e. The van der Waals surface area contributed by atoms with Gasteiger partial charge < -0.3 is 9.15 Å². The van der Waals surface area contributed by atoms with Gasteiger partial charge in [-0.25, -0.2) is 5.43 Å². The summed E-state index contributed by atoms with van der Waals surface area (Å²) in [6.07, 6.45) is 1.36. The summed E-state index contributed by atoms with van der Waals surface area (Å²) in [7, 11) is 0. The SMILES string of the molecule is Cc1ccc(-c2ccc(/C=N\NC(=O)CN3CCOCC3)o2)c([N+](=O)[O-])c1. The number of hydrogen-bond acceptors (Lipinski definition) is 7. The first-order valence-electron chi connectivity index (χ1n) is 8.50. The number of hydrazone groups is 1. The zero-order chi connectivity index (χ0) is 19.2. The maximum absolute atomic E-state index is 11.9. The van der Waals surface area contributed by atoms with Crippen LogP contribution in [0.15, 0.2) is 39.9 Å². The van der Waals surface area contributed by atoms with Crippen LogP contribution in [0.1, 0.15) is 11.3 Å². The van der Waals surface area contributed by atoms with Gasteiger partial charge in [-0.15, -0.1) is 0 Å². The third kappa shape index (κ3) is 4.99. The van der Waals surface area contributed by atoms with Gasteiger partial charge in [0.15, 0.2) is 0 Å². The van der Waals surface area contributed by atoms with Crippen LogP contribution in [0, 0.1) is 17.0 Å². The molecule has 2 heterocycles. The van der Waals surface area contributed by atoms with E-state index in [1.807, 2.05) is 4.90 Å². The molecular formula is C18H20N4O5. The molecule has 142 valence electrons. The Morgan fingerprint density at radius 3 is 2.85 bits per heavy atom. The predicted octanol–water partition coefficient (Wildman–Crippen LogP) is 1.95. The molecule has 0 bridgehead atoms. The molecule has 9 heteroatoms. The van der Waals surface area contributed by atoms with Crippen molar-refractivity contribution in [3.8, 4) is 11.3 Å². The smallest absolute Gasteiger partial charge is 0.280 e. The van der Waals surface area contributed by atoms with Crippen molar-refractivity contribution in [3.63, 3.8) is 0 Å². The predicted molar refractivity (Wildman–Crippen MR) is 98.5 cm³/mol. The summed E-state index contributed by atoms with van der Waals surface area (Å²) in [5.74, 6) is 0.517. The summed E-state index contributed by atoms with van der Waals surface area (Å²) in [6.45, 7) is 4.71. The van der Waals surface area contributed by atoms with Crippen LogP contribution in [0.25, 0.3) is 11.3 Å². The minimum absolute atomic E-state index is 0.0216. The molecule has 1 aliphatic rings. The molecule has 27 heavy (non-hydrogen) atoms. The lowest BCUT2D eigenvalue weighted by Crippen LogP contribution is -2.42. The number of amides is 1. The monoisotopic (exact) mass is 372 g/mol. The van der Waals surface area contributed by atoms with Crippen molar-refractivity contribution in [1.82, 2.24) is 10.3 Å². The Labute approximate surface area is 155 Å². The number of nitrogens with one attached hydrogen (secondary N) is 1. The highest BCUT2D eigenvalue weighted by Crippen LogP contribution is 2.31. The van der Waals surface area contributed by atoms with E-state index >= 15 is 0 Å². The third-order valence-corrected chi connectivity index (χ3v) is 4.09. The lowest BCUT2D eigenvalue weighted by Gasteiger charge is -2.25. The van der Waals surface area contributed by atoms with Crippen LogP contribution in [-0.2, 0) is 9.53 Å². The summed E-state index contributed by atoms with van der Waals surface area (Å²) in [4.78, 5) is 24.7. The summed E-state index contributed by atoms with van der Waals surface area (Å²) >= 11 is 0. The first-order valence-corrected chi connectivity index (χ1v) is 8.50. The van der Waals surface area contributed by atoms with Gasteiger partial charge in [0, 0.05) is 19.2 Å². The van der Waals surface area contributed by atoms with E-state index in [2.05, 4.69) is 10.5 Å². The van der Waals surface area contributed by atoms with E-state index < -0.39 is 4.92 Å². The number of aryl methyl sites for hydroxylation is 1. The van der Waals surface area contributed by atoms with Crippen molar-refractivity contribution >= 4 is 17.8 Å². The van der Waals surface area contributed by atoms with Crippen LogP contribution < -0.4 is 5.43 Å². The Kier molecular flexibility index (Phi) is 5.94. The number of carbonyl (C=O) groups is 1. The zero-order valence-corrected chi connectivity index (χ0v) is 14.9. The van der Waals surface area contributed by atoms with Gasteiger partial charge in [-0.1, -0.05) is 6.07 Å². The summed E-state index contributed by atoms with van der Waals surface area (Å²) in [5, 5.41) is 15.1. The summed E-state index contributed by atoms with van der Waals surface area (Å²) < 4.78 is 10.8. The molecule has 1 aromatic carbocycles. The van der Waals surface area contributed by atoms with Crippen molar-refractivity contribution < 1.29 is 18.9 Å². The Hall–Kier alpha value is -3.04. The van der Waals surface area contributed by atoms with Crippen molar-refractivity contribution in [2.75, 3.05) is 32.8 Å². The van der Waals surface area contributed by atoms with Crippen molar-refractivity contribution in [2.45, 2.75) is 6.92 Å². The van der Waals surface area contributed by atoms with E-state index in [1.54, 1.807) is 31.2 Å². The fourth-order valence-electron chi connectivity index (χ4n) is 2.73. The van der Waals surface area contributed by atoms with Gasteiger partial charge in [0.1, 0.15) is 11.5 Å². The Morgan fingerprint density at radius 1 is 1.33 bits per heavy atom. The number of nitro groups is 1. The molecule has 0 spiro atoms. The van der Waals surface area contributed by atoms with E-state index in [0.29, 0.717) is 43.4 Å². The Bertz CT molecular complexity index is 855. The molecule has 0 aliphatic carbocycles. The number of furan rings is 1. The highest BCUT2D eigenvalue weighted by molar-refractivity contribution is 5.82. The topological polar surface area (TPSA) is 110 Å². The maximum atomic E-state index is 11.9. The van der Waals surface area contributed by atoms with Crippen LogP contribution in [0.3, 0.4) is 0 Å². The number of carbonyl (C=O) groups excluding carboxylic acids is 1. The first kappa shape index (κ1) is 18.7. The maximum Gasteiger partial charge on any atom is 0.280 e. The molecule has 0 atom stereocenters. The lowest BCUT2D eigenvalue weighted by atomic mass is 10.1. The van der Waals surface area contributed by atoms with Crippen molar-refractivity contribution in [3.05, 3.63) is 51.8 Å². The van der Waals surface area contributed by atoms with Gasteiger partial charge in [0.25, 0.3) is 11.6 Å². The van der Waals surface area contributed by atoms with Crippen LogP contribution in [0.5, 0.6) is 0 Å². The molecule has 1 saturated heterocycles. The number of nitrogens with zero attached hydrogens (tertiary/aromatic N) is 3. The fraction of sp³-hybridized carbons (Fsp3) is 0.333. The van der Waals surface area contributed by atoms with Crippen LogP contribution >= 0.6 is 0 Å². The molecule has 2 aromatic rings. The molecule has 0 radical (unpaired) electrons. The summed E-state index contributed by atoms with van der Waals surface area (Å²) in [6, 6.07) is 8.20. The molecular weight excluding hydrogens is 352 g/mol. The number of benzene rings is 1. The number of nitro benzene ring substituents is 1. The number of ether oxygens (including phenoxy) is 1. The second-order valence-electron chi connectivity index (χ2n) is 6.16. The highest BCUT2D eigenvalue weighted by Gasteiger charge is 2.18. The molecule has 9 nitrogen and oxygen atoms in total. The lowest BCUT2D eigenvalue weighted by molar-refractivity contribution is -0.384. The number of rotatable bonds is 6. The van der Waals surface area contributed by atoms with E-state index in [9.17, 15) is 14.9 Å². The average Bonchev–Trinajstić information content (AvgIpc) is 3.11. The van der Waals surface area contributed by atoms with Gasteiger partial charge in [-0.3, -0.25) is 19.8 Å². The minimum Gasteiger partial charge on any atom is -0.455 e. The van der Waals surface area contributed by atoms with Crippen molar-refractivity contribution in [1.29, 1.82) is 0 Å². The molecule has 1 fully saturated rings. The van der Waals surface area contributed by atoms with Crippen LogP contribution in [0.2, 0.25) is 0 Å². The first-order chi connectivity index (χ1) is 13.0. The van der Waals surface area contributed by atoms with E-state index in [0.717, 1.165) is 5.56 Å². The molecule has 1 N–H and O–H groups in total. The highest BCUT2D eigenvalue weighted by atomic mass is 16.6. The van der Waals surface area contributed by atoms with E-state index in [-0.39, 0.29) is 18.1 Å². The fourth-order valence-corrected chi connectivity index (χ4v) is 2.73. The standard InChI is InChI=1S/C18H20N4O5/c1-13-2-4-15(16(10-13)22(24)25)17-5-3-14(27-17)11-19-20-18(23)12-21-6-8-26-9-7-21/h2-5,10-11H,6-9,12H2,1H3,(H,20,23)/b19-11-. The van der Waals surface area contributed by atoms with Gasteiger partial charge in [0.2, 0.25) is 0 Å². The quantitative estimate of drug-likeness (QED) is 0.471. The molecule has 0 saturated carbocycles. The Morgan fingerprint density at radius 2 is 2.11 bits per heavy atom. The molecule has 1 amide bonds. The van der Waals surface area contributed by atoms with Gasteiger partial charge in [0.05, 0.1) is 36.5 Å². The minimum atomic E-state index is -0.440. The number of hydrogen-bond donors (Lipinski definition) is 1. The van der Waals surface area contributed by atoms with Crippen LogP contribution in [0.4, 0.5) is 5.69 Å². The molecule has 3 rings (SSSR count). The number of morpholine rings is 1. The van der Waals surface area contributed by atoms with Crippen molar-refractivity contribution in [2.24, 2.45) is 5.10 Å². The normalized spacial score (nSPS) is 15.1. The second-order valence-corrected chi connectivity index (χ2v) is 6.16. The molecule has 1 aliphatic heterocycles. The zero-order valence-electron chi connectivity index (χ0n) is 14.9. The van der Waals surface area contributed by atoms with E-state index in [1.165, 1.54) is 12.3 Å². The average molecular weight is 372 g/mol. The molecule has 1 aromatic heterocycles. The van der Waals surface area contributed by atoms with Gasteiger partial charge >= 0.3 is 0 Å². The molecule has 0 unspecified atom stereocenters. The Balaban J connectivity index is 1.62. The van der Waals surface area contributed by atoms with E-state index in [4.69, 9.17) is 9.15 Å². The van der Waals surface area contributed by atoms with Crippen LogP contribution in [-0.4, -0.2) is 54.8 Å². The second kappa shape index (κ2) is 8.56. The van der Waals surface area contributed by atoms with Gasteiger partial charge in [-0.2, -0.15) is 5.10 Å². The van der Waals surface area contributed by atoms with Gasteiger partial charge in [-0.05, 0) is 30.7 Å². The summed E-state index contributed by atoms with van der Waals surface area (Å²) in [5.41, 5.74) is 3.61.